The highest BCUT2D eigenvalue weighted by Gasteiger charge is 2.23. The molecule has 0 atom stereocenters. The van der Waals surface area contributed by atoms with Crippen LogP contribution in [-0.4, -0.2) is 31.1 Å². The maximum absolute atomic E-state index is 12.7. The van der Waals surface area contributed by atoms with E-state index < -0.39 is 0 Å². The third-order valence-corrected chi connectivity index (χ3v) is 6.32. The number of aromatic nitrogens is 5. The molecule has 0 bridgehead atoms. The van der Waals surface area contributed by atoms with Gasteiger partial charge in [0.2, 0.25) is 0 Å². The van der Waals surface area contributed by atoms with Crippen LogP contribution in [0.1, 0.15) is 40.7 Å². The van der Waals surface area contributed by atoms with Gasteiger partial charge in [0.05, 0.1) is 0 Å². The van der Waals surface area contributed by atoms with Gasteiger partial charge in [0, 0.05) is 77.3 Å². The lowest BCUT2D eigenvalue weighted by Crippen LogP contribution is -2.34. The first-order chi connectivity index (χ1) is 15.4. The first-order valence-electron chi connectivity index (χ1n) is 11.0. The van der Waals surface area contributed by atoms with Gasteiger partial charge in [-0.1, -0.05) is 13.0 Å². The van der Waals surface area contributed by atoms with Gasteiger partial charge < -0.3 is 4.90 Å². The Morgan fingerprint density at radius 3 is 2.56 bits per heavy atom. The Balaban J connectivity index is 1.54. The van der Waals surface area contributed by atoms with Gasteiger partial charge in [-0.2, -0.15) is 4.52 Å². The van der Waals surface area contributed by atoms with Crippen LogP contribution in [0.4, 0.5) is 5.82 Å². The number of rotatable bonds is 3. The summed E-state index contributed by atoms with van der Waals surface area (Å²) in [4.78, 5) is 28.7. The van der Waals surface area contributed by atoms with E-state index in [0.717, 1.165) is 64.5 Å². The summed E-state index contributed by atoms with van der Waals surface area (Å²) in [5, 5.41) is 4.73. The Morgan fingerprint density at radius 1 is 1.00 bits per heavy atom. The second kappa shape index (κ2) is 7.82. The first kappa shape index (κ1) is 20.3. The summed E-state index contributed by atoms with van der Waals surface area (Å²) in [7, 11) is 0. The van der Waals surface area contributed by atoms with E-state index in [9.17, 15) is 4.79 Å². The van der Waals surface area contributed by atoms with Gasteiger partial charge in [-0.05, 0) is 44.9 Å². The minimum Gasteiger partial charge on any atom is -0.350 e. The second-order valence-electron chi connectivity index (χ2n) is 8.44. The highest BCUT2D eigenvalue weighted by atomic mass is 16.1. The van der Waals surface area contributed by atoms with Crippen LogP contribution in [0.3, 0.4) is 0 Å². The van der Waals surface area contributed by atoms with E-state index in [4.69, 9.17) is 10.1 Å². The van der Waals surface area contributed by atoms with Crippen molar-refractivity contribution in [3.63, 3.8) is 0 Å². The van der Waals surface area contributed by atoms with Crippen molar-refractivity contribution in [2.45, 2.75) is 47.1 Å². The minimum absolute atomic E-state index is 0.135. The molecule has 4 aromatic rings. The number of nitrogens with zero attached hydrogens (tertiary/aromatic N) is 6. The predicted molar refractivity (Wildman–Crippen MR) is 125 cm³/mol. The summed E-state index contributed by atoms with van der Waals surface area (Å²) in [6.07, 6.45) is 5.38. The molecule has 32 heavy (non-hydrogen) atoms. The van der Waals surface area contributed by atoms with Crippen LogP contribution in [0.5, 0.6) is 0 Å². The molecule has 1 aliphatic rings. The molecule has 5 heterocycles. The predicted octanol–water partition coefficient (Wildman–Crippen LogP) is 3.60. The normalized spacial score (nSPS) is 13.4. The zero-order valence-corrected chi connectivity index (χ0v) is 18.9. The van der Waals surface area contributed by atoms with Crippen molar-refractivity contribution in [2.75, 3.05) is 11.4 Å². The van der Waals surface area contributed by atoms with E-state index in [1.54, 1.807) is 6.07 Å². The molecule has 0 aromatic carbocycles. The zero-order valence-electron chi connectivity index (χ0n) is 18.9. The Kier molecular flexibility index (Phi) is 4.96. The van der Waals surface area contributed by atoms with Crippen molar-refractivity contribution in [1.29, 1.82) is 0 Å². The van der Waals surface area contributed by atoms with Gasteiger partial charge in [-0.25, -0.2) is 4.98 Å². The smallest absolute Gasteiger partial charge is 0.274 e. The van der Waals surface area contributed by atoms with Gasteiger partial charge in [-0.15, -0.1) is 5.10 Å². The number of anilines is 1. The number of aryl methyl sites for hydroxylation is 3. The molecule has 0 fully saturated rings. The number of fused-ring (bicyclic) bond motifs is 2. The highest BCUT2D eigenvalue weighted by Crippen LogP contribution is 2.29. The largest absolute Gasteiger partial charge is 0.350 e. The van der Waals surface area contributed by atoms with Crippen LogP contribution in [0.25, 0.3) is 16.8 Å². The molecule has 4 aromatic heterocycles. The second-order valence-corrected chi connectivity index (χ2v) is 8.44. The van der Waals surface area contributed by atoms with Crippen molar-refractivity contribution in [1.82, 2.24) is 24.6 Å². The summed E-state index contributed by atoms with van der Waals surface area (Å²) in [5.74, 6) is 0.830. The van der Waals surface area contributed by atoms with Crippen LogP contribution >= 0.6 is 0 Å². The Bertz CT molecular complexity index is 1390. The average molecular weight is 427 g/mol. The van der Waals surface area contributed by atoms with Gasteiger partial charge in [0.1, 0.15) is 0 Å². The quantitative estimate of drug-likeness (QED) is 0.498. The molecule has 0 unspecified atom stereocenters. The fourth-order valence-electron chi connectivity index (χ4n) is 4.25. The Morgan fingerprint density at radius 2 is 1.81 bits per heavy atom. The van der Waals surface area contributed by atoms with E-state index in [2.05, 4.69) is 33.9 Å². The monoisotopic (exact) mass is 426 g/mol. The lowest BCUT2D eigenvalue weighted by atomic mass is 10.0. The highest BCUT2D eigenvalue weighted by molar-refractivity contribution is 5.64. The number of pyridine rings is 2. The maximum atomic E-state index is 12.7. The molecule has 1 aliphatic heterocycles. The molecule has 7 heteroatoms. The van der Waals surface area contributed by atoms with E-state index in [-0.39, 0.29) is 5.56 Å². The van der Waals surface area contributed by atoms with Crippen molar-refractivity contribution >= 4 is 11.5 Å². The van der Waals surface area contributed by atoms with Crippen LogP contribution < -0.4 is 10.5 Å². The summed E-state index contributed by atoms with van der Waals surface area (Å²) >= 11 is 0. The third-order valence-electron chi connectivity index (χ3n) is 6.32. The standard InChI is InChI=1S/C25H26N6O/c1-5-21-11-23(32)31-24(28-21)16(3)17(4)25(29-31)30-9-8-22-20(14-30)10-19(13-27-22)18-7-6-15(2)26-12-18/h6-7,10-13H,5,8-9,14H2,1-4H3. The molecular formula is C25H26N6O. The molecule has 0 N–H and O–H groups in total. The van der Waals surface area contributed by atoms with E-state index in [1.165, 1.54) is 10.1 Å². The Hall–Kier alpha value is -3.61. The molecule has 162 valence electrons. The summed E-state index contributed by atoms with van der Waals surface area (Å²) in [5.41, 5.74) is 8.76. The molecule has 0 aliphatic carbocycles. The van der Waals surface area contributed by atoms with Gasteiger partial charge in [0.25, 0.3) is 5.56 Å². The fourth-order valence-corrected chi connectivity index (χ4v) is 4.25. The van der Waals surface area contributed by atoms with Gasteiger partial charge in [-0.3, -0.25) is 14.8 Å². The van der Waals surface area contributed by atoms with Crippen molar-refractivity contribution in [3.8, 4) is 11.1 Å². The molecular weight excluding hydrogens is 400 g/mol. The molecule has 0 saturated carbocycles. The number of hydrogen-bond acceptors (Lipinski definition) is 6. The van der Waals surface area contributed by atoms with Crippen molar-refractivity contribution < 1.29 is 0 Å². The molecule has 0 radical (unpaired) electrons. The SMILES string of the molecule is CCc1cc(=O)n2nc(N3CCc4ncc(-c5ccc(C)nc5)cc4C3)c(C)c(C)c2n1. The first-order valence-corrected chi connectivity index (χ1v) is 11.0. The van der Waals surface area contributed by atoms with E-state index in [0.29, 0.717) is 12.2 Å². The lowest BCUT2D eigenvalue weighted by molar-refractivity contribution is 0.683. The Labute approximate surface area is 186 Å². The topological polar surface area (TPSA) is 76.3 Å². The van der Waals surface area contributed by atoms with Gasteiger partial charge in [0.15, 0.2) is 11.5 Å². The van der Waals surface area contributed by atoms with Crippen LogP contribution in [0, 0.1) is 20.8 Å². The van der Waals surface area contributed by atoms with Gasteiger partial charge >= 0.3 is 0 Å². The zero-order chi connectivity index (χ0) is 22.4. The summed E-state index contributed by atoms with van der Waals surface area (Å²) < 4.78 is 1.44. The molecule has 0 amide bonds. The lowest BCUT2D eigenvalue weighted by Gasteiger charge is -2.31. The van der Waals surface area contributed by atoms with E-state index >= 15 is 0 Å². The van der Waals surface area contributed by atoms with E-state index in [1.807, 2.05) is 39.2 Å². The average Bonchev–Trinajstić information content (AvgIpc) is 2.81. The number of hydrogen-bond donors (Lipinski definition) is 0. The van der Waals surface area contributed by atoms with Crippen LogP contribution in [0.2, 0.25) is 0 Å². The molecule has 0 spiro atoms. The molecule has 0 saturated heterocycles. The molecule has 7 nitrogen and oxygen atoms in total. The van der Waals surface area contributed by atoms with Crippen molar-refractivity contribution in [3.05, 3.63) is 80.8 Å². The van der Waals surface area contributed by atoms with Crippen LogP contribution in [-0.2, 0) is 19.4 Å². The third kappa shape index (κ3) is 3.43. The summed E-state index contributed by atoms with van der Waals surface area (Å²) in [6, 6.07) is 7.87. The van der Waals surface area contributed by atoms with Crippen LogP contribution in [0.15, 0.2) is 41.5 Å². The molecule has 5 rings (SSSR count). The fraction of sp³-hybridized carbons (Fsp3) is 0.320. The van der Waals surface area contributed by atoms with Crippen molar-refractivity contribution in [2.24, 2.45) is 0 Å². The minimum atomic E-state index is -0.135. The maximum Gasteiger partial charge on any atom is 0.274 e. The summed E-state index contributed by atoms with van der Waals surface area (Å²) in [6.45, 7) is 9.57.